The summed E-state index contributed by atoms with van der Waals surface area (Å²) in [7, 11) is 0. The molecule has 0 aliphatic rings. The van der Waals surface area contributed by atoms with E-state index in [9.17, 15) is 13.2 Å². The third kappa shape index (κ3) is 3.70. The van der Waals surface area contributed by atoms with Gasteiger partial charge in [-0.1, -0.05) is 11.2 Å². The molecule has 1 rings (SSSR count). The molecule has 0 aliphatic carbocycles. The molecule has 0 amide bonds. The monoisotopic (exact) mass is 231 g/mol. The number of alkyl halides is 3. The van der Waals surface area contributed by atoms with Crippen LogP contribution in [-0.2, 0) is 0 Å². The summed E-state index contributed by atoms with van der Waals surface area (Å²) in [5.41, 5.74) is 8.98. The Morgan fingerprint density at radius 2 is 2.12 bits per heavy atom. The zero-order valence-electron chi connectivity index (χ0n) is 8.32. The molecule has 1 aromatic rings. The zero-order valence-corrected chi connectivity index (χ0v) is 8.32. The quantitative estimate of drug-likeness (QED) is 0.442. The molecule has 0 radical (unpaired) electrons. The van der Waals surface area contributed by atoms with Crippen molar-refractivity contribution in [3.63, 3.8) is 0 Å². The lowest BCUT2D eigenvalue weighted by atomic mass is 10.2. The van der Waals surface area contributed by atoms with Gasteiger partial charge in [0, 0.05) is 4.91 Å². The molecule has 4 nitrogen and oxygen atoms in total. The number of ether oxygens (including phenoxy) is 1. The molecule has 86 valence electrons. The number of rotatable bonds is 3. The smallest absolute Gasteiger partial charge is 0.422 e. The van der Waals surface area contributed by atoms with Gasteiger partial charge < -0.3 is 4.74 Å². The van der Waals surface area contributed by atoms with Gasteiger partial charge in [0.05, 0.1) is 5.69 Å². The number of nitrogens with zero attached hydrogens (tertiary/aromatic N) is 3. The van der Waals surface area contributed by atoms with Crippen molar-refractivity contribution in [3.8, 4) is 5.75 Å². The summed E-state index contributed by atoms with van der Waals surface area (Å²) in [6.45, 7) is 0.282. The summed E-state index contributed by atoms with van der Waals surface area (Å²) in [4.78, 5) is 2.50. The maximum atomic E-state index is 11.9. The summed E-state index contributed by atoms with van der Waals surface area (Å²) in [5, 5.41) is 3.24. The van der Waals surface area contributed by atoms with E-state index in [0.29, 0.717) is 5.56 Å². The van der Waals surface area contributed by atoms with Crippen LogP contribution in [0.15, 0.2) is 23.3 Å². The molecule has 0 atom stereocenters. The summed E-state index contributed by atoms with van der Waals surface area (Å²) >= 11 is 0. The minimum Gasteiger partial charge on any atom is -0.484 e. The largest absolute Gasteiger partial charge is 0.484 e. The second kappa shape index (κ2) is 4.76. The molecule has 0 saturated heterocycles. The van der Waals surface area contributed by atoms with Crippen LogP contribution in [0.2, 0.25) is 0 Å². The van der Waals surface area contributed by atoms with E-state index >= 15 is 0 Å². The fraction of sp³-hybridized carbons (Fsp3) is 0.333. The highest BCUT2D eigenvalue weighted by molar-refractivity contribution is 5.53. The van der Waals surface area contributed by atoms with Gasteiger partial charge in [0.2, 0.25) is 0 Å². The molecule has 7 heteroatoms. The average Bonchev–Trinajstić information content (AvgIpc) is 2.17. The Bertz CT molecular complexity index is 424. The maximum Gasteiger partial charge on any atom is 0.422 e. The van der Waals surface area contributed by atoms with E-state index in [4.69, 9.17) is 5.53 Å². The molecule has 0 aliphatic heterocycles. The highest BCUT2D eigenvalue weighted by Gasteiger charge is 2.28. The van der Waals surface area contributed by atoms with Crippen LogP contribution in [0.5, 0.6) is 5.75 Å². The van der Waals surface area contributed by atoms with E-state index in [-0.39, 0.29) is 11.4 Å². The van der Waals surface area contributed by atoms with E-state index in [1.807, 2.05) is 0 Å². The lowest BCUT2D eigenvalue weighted by Gasteiger charge is -2.11. The van der Waals surface area contributed by atoms with Gasteiger partial charge in [-0.3, -0.25) is 0 Å². The number of hydrogen-bond acceptors (Lipinski definition) is 2. The first kappa shape index (κ1) is 12.2. The third-order valence-electron chi connectivity index (χ3n) is 1.66. The molecule has 0 bridgehead atoms. The maximum absolute atomic E-state index is 11.9. The molecule has 0 heterocycles. The van der Waals surface area contributed by atoms with Gasteiger partial charge in [0.25, 0.3) is 0 Å². The van der Waals surface area contributed by atoms with Gasteiger partial charge in [-0.15, -0.1) is 0 Å². The van der Waals surface area contributed by atoms with E-state index in [1.165, 1.54) is 12.1 Å². The normalized spacial score (nSPS) is 10.8. The van der Waals surface area contributed by atoms with Crippen LogP contribution in [0.1, 0.15) is 5.56 Å². The average molecular weight is 231 g/mol. The standard InChI is InChI=1S/C9H8F3N3O/c1-6-2-3-7(14-15-13)8(4-6)16-5-9(10,11)12/h2-4H,5H2,1H3. The van der Waals surface area contributed by atoms with E-state index in [0.717, 1.165) is 0 Å². The molecule has 1 aromatic carbocycles. The van der Waals surface area contributed by atoms with Gasteiger partial charge in [0.1, 0.15) is 5.75 Å². The molecule has 0 aromatic heterocycles. The van der Waals surface area contributed by atoms with Gasteiger partial charge >= 0.3 is 6.18 Å². The fourth-order valence-corrected chi connectivity index (χ4v) is 1.03. The second-order valence-electron chi connectivity index (χ2n) is 3.06. The van der Waals surface area contributed by atoms with E-state index in [1.54, 1.807) is 13.0 Å². The Labute approximate surface area is 89.3 Å². The molecule has 0 fully saturated rings. The molecule has 16 heavy (non-hydrogen) atoms. The first-order chi connectivity index (χ1) is 7.42. The van der Waals surface area contributed by atoms with Crippen LogP contribution in [0.4, 0.5) is 18.9 Å². The Morgan fingerprint density at radius 1 is 1.44 bits per heavy atom. The lowest BCUT2D eigenvalue weighted by molar-refractivity contribution is -0.153. The highest BCUT2D eigenvalue weighted by atomic mass is 19.4. The van der Waals surface area contributed by atoms with Crippen molar-refractivity contribution < 1.29 is 17.9 Å². The Balaban J connectivity index is 2.92. The van der Waals surface area contributed by atoms with Crippen LogP contribution < -0.4 is 4.74 Å². The van der Waals surface area contributed by atoms with Gasteiger partial charge in [-0.2, -0.15) is 13.2 Å². The number of azide groups is 1. The van der Waals surface area contributed by atoms with E-state index in [2.05, 4.69) is 14.8 Å². The highest BCUT2D eigenvalue weighted by Crippen LogP contribution is 2.30. The first-order valence-electron chi connectivity index (χ1n) is 4.27. The molecule has 0 N–H and O–H groups in total. The van der Waals surface area contributed by atoms with Crippen LogP contribution in [0.3, 0.4) is 0 Å². The molecule has 0 unspecified atom stereocenters. The molecule has 0 spiro atoms. The zero-order chi connectivity index (χ0) is 12.2. The minimum atomic E-state index is -4.42. The van der Waals surface area contributed by atoms with Crippen molar-refractivity contribution >= 4 is 5.69 Å². The second-order valence-corrected chi connectivity index (χ2v) is 3.06. The van der Waals surface area contributed by atoms with Gasteiger partial charge in [-0.25, -0.2) is 0 Å². The Kier molecular flexibility index (Phi) is 3.63. The first-order valence-corrected chi connectivity index (χ1v) is 4.27. The predicted molar refractivity (Wildman–Crippen MR) is 51.5 cm³/mol. The molecular weight excluding hydrogens is 223 g/mol. The summed E-state index contributed by atoms with van der Waals surface area (Å²) in [5.74, 6) is -0.0740. The fourth-order valence-electron chi connectivity index (χ4n) is 1.03. The van der Waals surface area contributed by atoms with Crippen molar-refractivity contribution in [2.75, 3.05) is 6.61 Å². The van der Waals surface area contributed by atoms with Crippen molar-refractivity contribution in [2.24, 2.45) is 5.11 Å². The number of aryl methyl sites for hydroxylation is 1. The Morgan fingerprint density at radius 3 is 2.69 bits per heavy atom. The number of halogens is 3. The van der Waals surface area contributed by atoms with Crippen molar-refractivity contribution in [3.05, 3.63) is 34.2 Å². The van der Waals surface area contributed by atoms with Crippen molar-refractivity contribution in [1.82, 2.24) is 0 Å². The third-order valence-corrected chi connectivity index (χ3v) is 1.66. The summed E-state index contributed by atoms with van der Waals surface area (Å²) < 4.78 is 40.3. The number of hydrogen-bond donors (Lipinski definition) is 0. The SMILES string of the molecule is Cc1ccc(N=[N+]=[N-])c(OCC(F)(F)F)c1. The molecular formula is C9H8F3N3O. The van der Waals surface area contributed by atoms with Crippen molar-refractivity contribution in [2.45, 2.75) is 13.1 Å². The lowest BCUT2D eigenvalue weighted by Crippen LogP contribution is -2.19. The topological polar surface area (TPSA) is 58.0 Å². The van der Waals surface area contributed by atoms with E-state index < -0.39 is 12.8 Å². The minimum absolute atomic E-state index is 0.0392. The number of benzene rings is 1. The van der Waals surface area contributed by atoms with Gasteiger partial charge in [-0.05, 0) is 30.2 Å². The Hall–Kier alpha value is -1.88. The van der Waals surface area contributed by atoms with Crippen LogP contribution >= 0.6 is 0 Å². The predicted octanol–water partition coefficient (Wildman–Crippen LogP) is 3.88. The van der Waals surface area contributed by atoms with Crippen molar-refractivity contribution in [1.29, 1.82) is 0 Å². The van der Waals surface area contributed by atoms with Crippen LogP contribution in [0, 0.1) is 6.92 Å². The van der Waals surface area contributed by atoms with Gasteiger partial charge in [0.15, 0.2) is 6.61 Å². The summed E-state index contributed by atoms with van der Waals surface area (Å²) in [6, 6.07) is 4.40. The molecule has 0 saturated carbocycles. The van der Waals surface area contributed by atoms with Crippen LogP contribution in [0.25, 0.3) is 10.4 Å². The van der Waals surface area contributed by atoms with Crippen LogP contribution in [-0.4, -0.2) is 12.8 Å². The summed E-state index contributed by atoms with van der Waals surface area (Å²) in [6.07, 6.45) is -4.42.